The number of benzene rings is 1. The topological polar surface area (TPSA) is 58.6 Å². The van der Waals surface area contributed by atoms with E-state index in [4.69, 9.17) is 4.74 Å². The van der Waals surface area contributed by atoms with Crippen LogP contribution >= 0.6 is 0 Å². The molecule has 1 aromatic rings. The first kappa shape index (κ1) is 17.0. The second-order valence-corrected chi connectivity index (χ2v) is 7.03. The lowest BCUT2D eigenvalue weighted by molar-refractivity contribution is -0.147. The Bertz CT molecular complexity index is 594. The predicted molar refractivity (Wildman–Crippen MR) is 91.6 cm³/mol. The second kappa shape index (κ2) is 6.93. The fourth-order valence-corrected chi connectivity index (χ4v) is 3.29. The van der Waals surface area contributed by atoms with Gasteiger partial charge in [-0.05, 0) is 38.2 Å². The zero-order valence-electron chi connectivity index (χ0n) is 14.5. The number of rotatable bonds is 8. The summed E-state index contributed by atoms with van der Waals surface area (Å²) in [5.41, 5.74) is 1.40. The van der Waals surface area contributed by atoms with Crippen molar-refractivity contribution >= 4 is 11.9 Å². The summed E-state index contributed by atoms with van der Waals surface area (Å²) < 4.78 is 4.82. The molecule has 2 fully saturated rings. The van der Waals surface area contributed by atoms with Gasteiger partial charge in [0.2, 0.25) is 5.91 Å². The normalized spacial score (nSPS) is 19.6. The summed E-state index contributed by atoms with van der Waals surface area (Å²) in [6.45, 7) is 2.73. The van der Waals surface area contributed by atoms with Gasteiger partial charge in [-0.15, -0.1) is 0 Å². The molecule has 0 radical (unpaired) electrons. The molecule has 24 heavy (non-hydrogen) atoms. The third kappa shape index (κ3) is 3.78. The number of hydrogen-bond donors (Lipinski definition) is 1. The van der Waals surface area contributed by atoms with Gasteiger partial charge in [-0.1, -0.05) is 30.3 Å². The van der Waals surface area contributed by atoms with Crippen molar-refractivity contribution in [3.8, 4) is 0 Å². The van der Waals surface area contributed by atoms with Crippen LogP contribution in [0.25, 0.3) is 0 Å². The fourth-order valence-electron chi connectivity index (χ4n) is 3.29. The highest BCUT2D eigenvalue weighted by atomic mass is 16.5. The lowest BCUT2D eigenvalue weighted by Gasteiger charge is -2.27. The lowest BCUT2D eigenvalue weighted by atomic mass is 9.96. The molecule has 0 unspecified atom stereocenters. The van der Waals surface area contributed by atoms with E-state index in [-0.39, 0.29) is 29.9 Å². The van der Waals surface area contributed by atoms with E-state index in [1.165, 1.54) is 12.7 Å². The first-order chi connectivity index (χ1) is 11.6. The van der Waals surface area contributed by atoms with E-state index in [2.05, 4.69) is 17.4 Å². The van der Waals surface area contributed by atoms with Crippen LogP contribution in [0, 0.1) is 0 Å². The van der Waals surface area contributed by atoms with E-state index in [1.54, 1.807) is 0 Å². The highest BCUT2D eigenvalue weighted by Crippen LogP contribution is 2.47. The minimum absolute atomic E-state index is 0.0140. The molecular weight excluding hydrogens is 304 g/mol. The Morgan fingerprint density at radius 2 is 1.96 bits per heavy atom. The second-order valence-electron chi connectivity index (χ2n) is 7.03. The van der Waals surface area contributed by atoms with Gasteiger partial charge in [-0.2, -0.15) is 0 Å². The predicted octanol–water partition coefficient (Wildman–Crippen LogP) is 1.86. The highest BCUT2D eigenvalue weighted by Gasteiger charge is 2.44. The molecule has 5 heteroatoms. The Morgan fingerprint density at radius 1 is 1.29 bits per heavy atom. The highest BCUT2D eigenvalue weighted by molar-refractivity contribution is 5.80. The number of methoxy groups -OCH3 is 1. The van der Waals surface area contributed by atoms with Gasteiger partial charge in [0, 0.05) is 18.0 Å². The van der Waals surface area contributed by atoms with Crippen molar-refractivity contribution < 1.29 is 14.3 Å². The van der Waals surface area contributed by atoms with Crippen LogP contribution in [-0.2, 0) is 19.7 Å². The van der Waals surface area contributed by atoms with Crippen LogP contribution in [0.1, 0.15) is 38.2 Å². The first-order valence-corrected chi connectivity index (χ1v) is 8.71. The number of nitrogens with one attached hydrogen (secondary N) is 1. The minimum Gasteiger partial charge on any atom is -0.468 e. The summed E-state index contributed by atoms with van der Waals surface area (Å²) in [5, 5.41) is 3.08. The van der Waals surface area contributed by atoms with Crippen LogP contribution in [0.4, 0.5) is 0 Å². The van der Waals surface area contributed by atoms with Gasteiger partial charge in [0.25, 0.3) is 0 Å². The van der Waals surface area contributed by atoms with E-state index in [0.717, 1.165) is 25.7 Å². The third-order valence-electron chi connectivity index (χ3n) is 5.25. The van der Waals surface area contributed by atoms with Crippen LogP contribution in [0.15, 0.2) is 30.3 Å². The molecule has 130 valence electrons. The summed E-state index contributed by atoms with van der Waals surface area (Å²) in [6.07, 6.45) is 4.32. The summed E-state index contributed by atoms with van der Waals surface area (Å²) in [6, 6.07) is 10.3. The number of carbonyl (C=O) groups is 2. The maximum absolute atomic E-state index is 12.4. The molecule has 0 aliphatic heterocycles. The minimum atomic E-state index is -0.378. The average Bonchev–Trinajstić information content (AvgIpc) is 3.51. The molecule has 0 saturated heterocycles. The molecule has 1 aromatic carbocycles. The SMILES string of the molecule is COC(=O)[C@H](C)N(CC(=O)NCC1(c2ccccc2)CC1)C1CC1. The van der Waals surface area contributed by atoms with Crippen LogP contribution in [-0.4, -0.2) is 49.1 Å². The van der Waals surface area contributed by atoms with Crippen molar-refractivity contribution in [1.29, 1.82) is 0 Å². The third-order valence-corrected chi connectivity index (χ3v) is 5.25. The standard InChI is InChI=1S/C19H26N2O3/c1-14(18(23)24-2)21(16-8-9-16)12-17(22)20-13-19(10-11-19)15-6-4-3-5-7-15/h3-7,14,16H,8-13H2,1-2H3,(H,20,22)/t14-/m0/s1. The summed E-state index contributed by atoms with van der Waals surface area (Å²) in [5.74, 6) is -0.294. The van der Waals surface area contributed by atoms with Crippen molar-refractivity contribution in [2.75, 3.05) is 20.2 Å². The number of hydrogen-bond acceptors (Lipinski definition) is 4. The molecule has 2 saturated carbocycles. The molecule has 0 heterocycles. The Kier molecular flexibility index (Phi) is 4.90. The molecule has 5 nitrogen and oxygen atoms in total. The van der Waals surface area contributed by atoms with Crippen LogP contribution in [0.5, 0.6) is 0 Å². The Hall–Kier alpha value is -1.88. The van der Waals surface area contributed by atoms with Gasteiger partial charge in [-0.25, -0.2) is 0 Å². The summed E-state index contributed by atoms with van der Waals surface area (Å²) in [7, 11) is 1.39. The first-order valence-electron chi connectivity index (χ1n) is 8.71. The molecule has 0 aromatic heterocycles. The van der Waals surface area contributed by atoms with Crippen molar-refractivity contribution in [3.63, 3.8) is 0 Å². The van der Waals surface area contributed by atoms with Gasteiger partial charge >= 0.3 is 5.97 Å². The molecule has 0 bridgehead atoms. The molecule has 1 N–H and O–H groups in total. The lowest BCUT2D eigenvalue weighted by Crippen LogP contribution is -2.47. The summed E-state index contributed by atoms with van der Waals surface area (Å²) >= 11 is 0. The van der Waals surface area contributed by atoms with Gasteiger partial charge in [0.05, 0.1) is 13.7 Å². The molecule has 3 rings (SSSR count). The van der Waals surface area contributed by atoms with Crippen molar-refractivity contribution in [1.82, 2.24) is 10.2 Å². The zero-order valence-corrected chi connectivity index (χ0v) is 14.5. The van der Waals surface area contributed by atoms with E-state index in [9.17, 15) is 9.59 Å². The van der Waals surface area contributed by atoms with Gasteiger partial charge in [0.1, 0.15) is 6.04 Å². The number of nitrogens with zero attached hydrogens (tertiary/aromatic N) is 1. The summed E-state index contributed by atoms with van der Waals surface area (Å²) in [4.78, 5) is 26.1. The van der Waals surface area contributed by atoms with E-state index in [0.29, 0.717) is 12.6 Å². The average molecular weight is 330 g/mol. The molecule has 1 amide bonds. The molecule has 2 aliphatic rings. The van der Waals surface area contributed by atoms with Crippen LogP contribution in [0.2, 0.25) is 0 Å². The van der Waals surface area contributed by atoms with Gasteiger partial charge in [-0.3, -0.25) is 14.5 Å². The van der Waals surface area contributed by atoms with E-state index < -0.39 is 0 Å². The maximum Gasteiger partial charge on any atom is 0.322 e. The van der Waals surface area contributed by atoms with Gasteiger partial charge < -0.3 is 10.1 Å². The monoisotopic (exact) mass is 330 g/mol. The maximum atomic E-state index is 12.4. The largest absolute Gasteiger partial charge is 0.468 e. The number of esters is 1. The Morgan fingerprint density at radius 3 is 2.50 bits per heavy atom. The quantitative estimate of drug-likeness (QED) is 0.739. The van der Waals surface area contributed by atoms with Crippen molar-refractivity contribution in [2.45, 2.75) is 50.1 Å². The Labute approximate surface area is 143 Å². The van der Waals surface area contributed by atoms with E-state index >= 15 is 0 Å². The van der Waals surface area contributed by atoms with Gasteiger partial charge in [0.15, 0.2) is 0 Å². The van der Waals surface area contributed by atoms with Crippen molar-refractivity contribution in [3.05, 3.63) is 35.9 Å². The fraction of sp³-hybridized carbons (Fsp3) is 0.579. The van der Waals surface area contributed by atoms with Crippen LogP contribution in [0.3, 0.4) is 0 Å². The molecular formula is C19H26N2O3. The molecule has 0 spiro atoms. The van der Waals surface area contributed by atoms with Crippen molar-refractivity contribution in [2.24, 2.45) is 0 Å². The number of ether oxygens (including phenoxy) is 1. The molecule has 2 aliphatic carbocycles. The number of amides is 1. The smallest absolute Gasteiger partial charge is 0.322 e. The Balaban J connectivity index is 1.54. The molecule has 1 atom stereocenters. The zero-order chi connectivity index (χ0) is 17.2. The number of carbonyl (C=O) groups excluding carboxylic acids is 2. The van der Waals surface area contributed by atoms with E-state index in [1.807, 2.05) is 30.0 Å². The van der Waals surface area contributed by atoms with Crippen LogP contribution < -0.4 is 5.32 Å².